The van der Waals surface area contributed by atoms with E-state index in [2.05, 4.69) is 28.2 Å². The Labute approximate surface area is 111 Å². The maximum absolute atomic E-state index is 5.95. The van der Waals surface area contributed by atoms with Gasteiger partial charge in [-0.3, -0.25) is 10.1 Å². The molecule has 2 aromatic heterocycles. The van der Waals surface area contributed by atoms with Crippen molar-refractivity contribution in [3.63, 3.8) is 0 Å². The molecular formula is C15H16N4. The number of nitrogens with one attached hydrogen (secondary N) is 1. The summed E-state index contributed by atoms with van der Waals surface area (Å²) < 4.78 is 0. The predicted molar refractivity (Wildman–Crippen MR) is 77.7 cm³/mol. The molecule has 3 rings (SSSR count). The highest BCUT2D eigenvalue weighted by atomic mass is 15.2. The van der Waals surface area contributed by atoms with Gasteiger partial charge in [0.15, 0.2) is 0 Å². The monoisotopic (exact) mass is 252 g/mol. The number of pyridine rings is 1. The Morgan fingerprint density at radius 2 is 2.05 bits per heavy atom. The fourth-order valence-corrected chi connectivity index (χ4v) is 2.42. The number of para-hydroxylation sites is 1. The van der Waals surface area contributed by atoms with Gasteiger partial charge in [0.25, 0.3) is 0 Å². The SMILES string of the molecule is CCCc1c(N)n[nH]c1-c1ccnc2ccccc12. The molecule has 0 unspecified atom stereocenters. The van der Waals surface area contributed by atoms with E-state index >= 15 is 0 Å². The first-order valence-electron chi connectivity index (χ1n) is 6.48. The third-order valence-corrected chi connectivity index (χ3v) is 3.32. The normalized spacial score (nSPS) is 11.0. The standard InChI is InChI=1S/C15H16N4/c1-2-5-12-14(18-19-15(12)16)11-8-9-17-13-7-4-3-6-10(11)13/h3-4,6-9H,2,5H2,1H3,(H3,16,18,19). The quantitative estimate of drug-likeness (QED) is 0.752. The number of fused-ring (bicyclic) bond motifs is 1. The van der Waals surface area contributed by atoms with Crippen molar-refractivity contribution in [1.29, 1.82) is 0 Å². The molecule has 0 aliphatic rings. The van der Waals surface area contributed by atoms with E-state index in [1.807, 2.05) is 30.5 Å². The van der Waals surface area contributed by atoms with E-state index in [9.17, 15) is 0 Å². The number of nitrogen functional groups attached to an aromatic ring is 1. The number of H-pyrrole nitrogens is 1. The van der Waals surface area contributed by atoms with Gasteiger partial charge < -0.3 is 5.73 Å². The zero-order chi connectivity index (χ0) is 13.2. The van der Waals surface area contributed by atoms with Gasteiger partial charge in [0.1, 0.15) is 5.82 Å². The summed E-state index contributed by atoms with van der Waals surface area (Å²) in [4.78, 5) is 4.38. The minimum Gasteiger partial charge on any atom is -0.382 e. The number of aromatic nitrogens is 3. The molecule has 4 nitrogen and oxygen atoms in total. The van der Waals surface area contributed by atoms with E-state index in [0.29, 0.717) is 5.82 Å². The van der Waals surface area contributed by atoms with Gasteiger partial charge in [-0.15, -0.1) is 0 Å². The lowest BCUT2D eigenvalue weighted by atomic mass is 10.0. The van der Waals surface area contributed by atoms with Crippen molar-refractivity contribution in [1.82, 2.24) is 15.2 Å². The van der Waals surface area contributed by atoms with Crippen LogP contribution in [-0.4, -0.2) is 15.2 Å². The molecule has 0 saturated carbocycles. The Hall–Kier alpha value is -2.36. The van der Waals surface area contributed by atoms with Crippen LogP contribution in [0.3, 0.4) is 0 Å². The lowest BCUT2D eigenvalue weighted by Gasteiger charge is -2.06. The Morgan fingerprint density at radius 3 is 2.89 bits per heavy atom. The number of benzene rings is 1. The first-order valence-corrected chi connectivity index (χ1v) is 6.48. The fourth-order valence-electron chi connectivity index (χ4n) is 2.42. The lowest BCUT2D eigenvalue weighted by Crippen LogP contribution is -1.93. The van der Waals surface area contributed by atoms with Crippen LogP contribution in [0.5, 0.6) is 0 Å². The first-order chi connectivity index (χ1) is 9.31. The predicted octanol–water partition coefficient (Wildman–Crippen LogP) is 3.16. The van der Waals surface area contributed by atoms with Crippen LogP contribution >= 0.6 is 0 Å². The summed E-state index contributed by atoms with van der Waals surface area (Å²) in [6, 6.07) is 10.1. The second-order valence-electron chi connectivity index (χ2n) is 4.59. The molecule has 96 valence electrons. The summed E-state index contributed by atoms with van der Waals surface area (Å²) in [5.41, 5.74) is 10.2. The van der Waals surface area contributed by atoms with Crippen molar-refractivity contribution >= 4 is 16.7 Å². The van der Waals surface area contributed by atoms with E-state index in [0.717, 1.165) is 40.6 Å². The molecular weight excluding hydrogens is 236 g/mol. The summed E-state index contributed by atoms with van der Waals surface area (Å²) in [7, 11) is 0. The van der Waals surface area contributed by atoms with Crippen LogP contribution in [0.4, 0.5) is 5.82 Å². The molecule has 3 N–H and O–H groups in total. The molecule has 0 bridgehead atoms. The smallest absolute Gasteiger partial charge is 0.149 e. The van der Waals surface area contributed by atoms with E-state index in [1.165, 1.54) is 0 Å². The zero-order valence-corrected chi connectivity index (χ0v) is 10.9. The van der Waals surface area contributed by atoms with Gasteiger partial charge in [0.2, 0.25) is 0 Å². The van der Waals surface area contributed by atoms with Crippen LogP contribution in [0.25, 0.3) is 22.2 Å². The first kappa shape index (κ1) is 11.7. The average Bonchev–Trinajstić information content (AvgIpc) is 2.80. The van der Waals surface area contributed by atoms with Gasteiger partial charge in [-0.25, -0.2) is 0 Å². The fraction of sp³-hybridized carbons (Fsp3) is 0.200. The van der Waals surface area contributed by atoms with Crippen molar-refractivity contribution in [3.8, 4) is 11.3 Å². The summed E-state index contributed by atoms with van der Waals surface area (Å²) in [6.07, 6.45) is 3.79. The van der Waals surface area contributed by atoms with Crippen LogP contribution in [0, 0.1) is 0 Å². The molecule has 0 aliphatic heterocycles. The van der Waals surface area contributed by atoms with E-state index in [-0.39, 0.29) is 0 Å². The van der Waals surface area contributed by atoms with Crippen LogP contribution in [0.15, 0.2) is 36.5 Å². The van der Waals surface area contributed by atoms with Crippen molar-refractivity contribution < 1.29 is 0 Å². The van der Waals surface area contributed by atoms with Crippen LogP contribution in [0.2, 0.25) is 0 Å². The number of hydrogen-bond donors (Lipinski definition) is 2. The van der Waals surface area contributed by atoms with Gasteiger partial charge in [0.05, 0.1) is 11.2 Å². The van der Waals surface area contributed by atoms with Crippen LogP contribution in [0.1, 0.15) is 18.9 Å². The van der Waals surface area contributed by atoms with Gasteiger partial charge >= 0.3 is 0 Å². The van der Waals surface area contributed by atoms with E-state index < -0.39 is 0 Å². The molecule has 0 saturated heterocycles. The Kier molecular flexibility index (Phi) is 2.91. The third-order valence-electron chi connectivity index (χ3n) is 3.32. The zero-order valence-electron chi connectivity index (χ0n) is 10.9. The molecule has 0 atom stereocenters. The number of nitrogens with two attached hydrogens (primary N) is 1. The van der Waals surface area contributed by atoms with Crippen molar-refractivity contribution in [2.45, 2.75) is 19.8 Å². The van der Waals surface area contributed by atoms with Crippen molar-refractivity contribution in [2.75, 3.05) is 5.73 Å². The molecule has 0 radical (unpaired) electrons. The average molecular weight is 252 g/mol. The highest BCUT2D eigenvalue weighted by molar-refractivity contribution is 5.94. The molecule has 19 heavy (non-hydrogen) atoms. The summed E-state index contributed by atoms with van der Waals surface area (Å²) >= 11 is 0. The molecule has 3 aromatic rings. The number of aromatic amines is 1. The van der Waals surface area contributed by atoms with Gasteiger partial charge in [-0.1, -0.05) is 31.5 Å². The van der Waals surface area contributed by atoms with Crippen LogP contribution < -0.4 is 5.73 Å². The number of nitrogens with zero attached hydrogens (tertiary/aromatic N) is 2. The van der Waals surface area contributed by atoms with E-state index in [1.54, 1.807) is 0 Å². The summed E-state index contributed by atoms with van der Waals surface area (Å²) in [5, 5.41) is 8.33. The lowest BCUT2D eigenvalue weighted by molar-refractivity contribution is 0.927. The third kappa shape index (κ3) is 1.95. The highest BCUT2D eigenvalue weighted by Gasteiger charge is 2.14. The summed E-state index contributed by atoms with van der Waals surface area (Å²) in [6.45, 7) is 2.14. The second kappa shape index (κ2) is 4.72. The minimum absolute atomic E-state index is 0.595. The van der Waals surface area contributed by atoms with Gasteiger partial charge in [-0.2, -0.15) is 5.10 Å². The number of rotatable bonds is 3. The molecule has 0 fully saturated rings. The summed E-state index contributed by atoms with van der Waals surface area (Å²) in [5.74, 6) is 0.595. The Bertz CT molecular complexity index is 710. The van der Waals surface area contributed by atoms with Gasteiger partial charge in [-0.05, 0) is 18.6 Å². The molecule has 0 spiro atoms. The maximum Gasteiger partial charge on any atom is 0.149 e. The molecule has 1 aromatic carbocycles. The van der Waals surface area contributed by atoms with Crippen LogP contribution in [-0.2, 0) is 6.42 Å². The van der Waals surface area contributed by atoms with Gasteiger partial charge in [0, 0.05) is 22.7 Å². The van der Waals surface area contributed by atoms with Crippen molar-refractivity contribution in [2.24, 2.45) is 0 Å². The molecule has 4 heteroatoms. The largest absolute Gasteiger partial charge is 0.382 e. The maximum atomic E-state index is 5.95. The molecule has 0 aliphatic carbocycles. The number of hydrogen-bond acceptors (Lipinski definition) is 3. The topological polar surface area (TPSA) is 67.6 Å². The Morgan fingerprint density at radius 1 is 1.21 bits per heavy atom. The minimum atomic E-state index is 0.595. The number of anilines is 1. The second-order valence-corrected chi connectivity index (χ2v) is 4.59. The Balaban J connectivity index is 2.25. The highest BCUT2D eigenvalue weighted by Crippen LogP contribution is 2.31. The van der Waals surface area contributed by atoms with Crippen molar-refractivity contribution in [3.05, 3.63) is 42.1 Å². The molecule has 0 amide bonds. The molecule has 2 heterocycles. The van der Waals surface area contributed by atoms with E-state index in [4.69, 9.17) is 5.73 Å².